The van der Waals surface area contributed by atoms with E-state index in [9.17, 15) is 15.2 Å². The predicted molar refractivity (Wildman–Crippen MR) is 76.4 cm³/mol. The standard InChI is InChI=1S/C15H10N2O3/c1-2-11-5-3-7-13(9-11)16-10-12-6-4-8-14(15(12)18)17(19)20/h1,3-10,18H. The Bertz CT molecular complexity index is 730. The first kappa shape index (κ1) is 13.3. The molecule has 0 atom stereocenters. The van der Waals surface area contributed by atoms with E-state index in [2.05, 4.69) is 10.9 Å². The number of nitro benzene ring substituents is 1. The molecule has 0 saturated heterocycles. The van der Waals surface area contributed by atoms with Gasteiger partial charge in [-0.15, -0.1) is 6.42 Å². The molecule has 0 saturated carbocycles. The minimum absolute atomic E-state index is 0.269. The van der Waals surface area contributed by atoms with Crippen molar-refractivity contribution < 1.29 is 10.0 Å². The van der Waals surface area contributed by atoms with Crippen molar-refractivity contribution in [3.8, 4) is 18.1 Å². The topological polar surface area (TPSA) is 75.7 Å². The van der Waals surface area contributed by atoms with Gasteiger partial charge in [-0.05, 0) is 24.3 Å². The molecular formula is C15H10N2O3. The fraction of sp³-hybridized carbons (Fsp3) is 0. The number of nitrogens with zero attached hydrogens (tertiary/aromatic N) is 2. The van der Waals surface area contributed by atoms with Crippen molar-refractivity contribution in [3.05, 3.63) is 63.7 Å². The zero-order valence-corrected chi connectivity index (χ0v) is 10.4. The Morgan fingerprint density at radius 3 is 2.75 bits per heavy atom. The van der Waals surface area contributed by atoms with E-state index >= 15 is 0 Å². The highest BCUT2D eigenvalue weighted by molar-refractivity contribution is 5.87. The molecule has 0 aliphatic carbocycles. The Kier molecular flexibility index (Phi) is 3.77. The van der Waals surface area contributed by atoms with E-state index in [0.717, 1.165) is 0 Å². The van der Waals surface area contributed by atoms with Gasteiger partial charge in [0.05, 0.1) is 10.6 Å². The van der Waals surface area contributed by atoms with E-state index in [1.807, 2.05) is 0 Å². The summed E-state index contributed by atoms with van der Waals surface area (Å²) in [5.41, 5.74) is 1.20. The summed E-state index contributed by atoms with van der Waals surface area (Å²) in [5, 5.41) is 20.5. The van der Waals surface area contributed by atoms with Crippen molar-refractivity contribution in [2.45, 2.75) is 0 Å². The van der Waals surface area contributed by atoms with Crippen LogP contribution in [0.25, 0.3) is 0 Å². The number of rotatable bonds is 3. The van der Waals surface area contributed by atoms with Crippen LogP contribution in [0, 0.1) is 22.5 Å². The molecular weight excluding hydrogens is 256 g/mol. The van der Waals surface area contributed by atoms with Crippen molar-refractivity contribution >= 4 is 17.6 Å². The number of aliphatic imine (C=N–C) groups is 1. The third kappa shape index (κ3) is 2.82. The van der Waals surface area contributed by atoms with Gasteiger partial charge in [-0.3, -0.25) is 15.1 Å². The molecule has 0 aliphatic rings. The van der Waals surface area contributed by atoms with Crippen molar-refractivity contribution in [2.24, 2.45) is 4.99 Å². The lowest BCUT2D eigenvalue weighted by molar-refractivity contribution is -0.385. The van der Waals surface area contributed by atoms with Gasteiger partial charge in [0, 0.05) is 23.4 Å². The second-order valence-corrected chi connectivity index (χ2v) is 3.92. The van der Waals surface area contributed by atoms with Crippen LogP contribution in [0.2, 0.25) is 0 Å². The van der Waals surface area contributed by atoms with Crippen LogP contribution in [-0.2, 0) is 0 Å². The molecule has 2 rings (SSSR count). The number of phenolic OH excluding ortho intramolecular Hbond substituents is 1. The first-order valence-electron chi connectivity index (χ1n) is 5.69. The Hall–Kier alpha value is -3.13. The number of nitro groups is 1. The van der Waals surface area contributed by atoms with Crippen LogP contribution in [0.1, 0.15) is 11.1 Å². The molecule has 0 bridgehead atoms. The van der Waals surface area contributed by atoms with Gasteiger partial charge in [-0.25, -0.2) is 0 Å². The summed E-state index contributed by atoms with van der Waals surface area (Å²) in [4.78, 5) is 14.2. The van der Waals surface area contributed by atoms with Gasteiger partial charge in [0.2, 0.25) is 5.75 Å². The molecule has 5 nitrogen and oxygen atoms in total. The number of hydrogen-bond acceptors (Lipinski definition) is 4. The normalized spacial score (nSPS) is 10.3. The van der Waals surface area contributed by atoms with Gasteiger partial charge >= 0.3 is 5.69 Å². The van der Waals surface area contributed by atoms with Crippen molar-refractivity contribution in [1.29, 1.82) is 0 Å². The summed E-state index contributed by atoms with van der Waals surface area (Å²) in [5.74, 6) is 2.08. The smallest absolute Gasteiger partial charge is 0.311 e. The van der Waals surface area contributed by atoms with Crippen LogP contribution < -0.4 is 0 Å². The van der Waals surface area contributed by atoms with E-state index in [0.29, 0.717) is 11.3 Å². The van der Waals surface area contributed by atoms with Crippen LogP contribution >= 0.6 is 0 Å². The summed E-state index contributed by atoms with van der Waals surface area (Å²) < 4.78 is 0. The second-order valence-electron chi connectivity index (χ2n) is 3.92. The molecule has 0 spiro atoms. The maximum Gasteiger partial charge on any atom is 0.311 e. The molecule has 2 aromatic rings. The molecule has 0 aliphatic heterocycles. The average Bonchev–Trinajstić information content (AvgIpc) is 2.46. The fourth-order valence-corrected chi connectivity index (χ4v) is 1.62. The minimum atomic E-state index is -0.647. The molecule has 98 valence electrons. The van der Waals surface area contributed by atoms with Gasteiger partial charge in [0.25, 0.3) is 0 Å². The van der Waals surface area contributed by atoms with Crippen LogP contribution in [0.5, 0.6) is 5.75 Å². The highest BCUT2D eigenvalue weighted by Gasteiger charge is 2.14. The summed E-state index contributed by atoms with van der Waals surface area (Å²) in [7, 11) is 0. The molecule has 20 heavy (non-hydrogen) atoms. The van der Waals surface area contributed by atoms with Gasteiger partial charge in [-0.2, -0.15) is 0 Å². The largest absolute Gasteiger partial charge is 0.502 e. The lowest BCUT2D eigenvalue weighted by Crippen LogP contribution is -1.91. The van der Waals surface area contributed by atoms with E-state index in [1.54, 1.807) is 24.3 Å². The average molecular weight is 266 g/mol. The SMILES string of the molecule is C#Cc1cccc(N=Cc2cccc([N+](=O)[O-])c2O)c1. The maximum atomic E-state index is 10.7. The Labute approximate surface area is 115 Å². The molecule has 1 N–H and O–H groups in total. The molecule has 0 heterocycles. The van der Waals surface area contributed by atoms with Gasteiger partial charge in [-0.1, -0.05) is 18.1 Å². The van der Waals surface area contributed by atoms with E-state index < -0.39 is 10.7 Å². The fourth-order valence-electron chi connectivity index (χ4n) is 1.62. The number of aromatic hydroxyl groups is 1. The zero-order valence-electron chi connectivity index (χ0n) is 10.4. The number of hydrogen-bond donors (Lipinski definition) is 1. The number of phenols is 1. The molecule has 0 unspecified atom stereocenters. The molecule has 0 radical (unpaired) electrons. The van der Waals surface area contributed by atoms with Crippen LogP contribution in [0.15, 0.2) is 47.5 Å². The third-order valence-electron chi connectivity index (χ3n) is 2.61. The zero-order chi connectivity index (χ0) is 14.5. The van der Waals surface area contributed by atoms with Crippen molar-refractivity contribution in [1.82, 2.24) is 0 Å². The maximum absolute atomic E-state index is 10.7. The van der Waals surface area contributed by atoms with E-state index in [-0.39, 0.29) is 11.3 Å². The third-order valence-corrected chi connectivity index (χ3v) is 2.61. The Morgan fingerprint density at radius 1 is 1.30 bits per heavy atom. The van der Waals surface area contributed by atoms with Gasteiger partial charge in [0.1, 0.15) is 0 Å². The number of para-hydroxylation sites is 1. The second kappa shape index (κ2) is 5.67. The molecule has 2 aromatic carbocycles. The van der Waals surface area contributed by atoms with E-state index in [1.165, 1.54) is 24.4 Å². The molecule has 0 amide bonds. The lowest BCUT2D eigenvalue weighted by Gasteiger charge is -2.00. The Balaban J connectivity index is 2.34. The summed E-state index contributed by atoms with van der Waals surface area (Å²) in [6.45, 7) is 0. The van der Waals surface area contributed by atoms with Crippen molar-refractivity contribution in [3.63, 3.8) is 0 Å². The molecule has 0 fully saturated rings. The van der Waals surface area contributed by atoms with Gasteiger partial charge < -0.3 is 5.11 Å². The molecule has 0 aromatic heterocycles. The minimum Gasteiger partial charge on any atom is -0.502 e. The van der Waals surface area contributed by atoms with Gasteiger partial charge in [0.15, 0.2) is 0 Å². The van der Waals surface area contributed by atoms with Crippen LogP contribution in [0.4, 0.5) is 11.4 Å². The predicted octanol–water partition coefficient (Wildman–Crippen LogP) is 3.03. The highest BCUT2D eigenvalue weighted by atomic mass is 16.6. The number of benzene rings is 2. The number of terminal acetylenes is 1. The Morgan fingerprint density at radius 2 is 2.05 bits per heavy atom. The lowest BCUT2D eigenvalue weighted by atomic mass is 10.2. The quantitative estimate of drug-likeness (QED) is 0.401. The van der Waals surface area contributed by atoms with Crippen molar-refractivity contribution in [2.75, 3.05) is 0 Å². The highest BCUT2D eigenvalue weighted by Crippen LogP contribution is 2.28. The molecule has 5 heteroatoms. The summed E-state index contributed by atoms with van der Waals surface area (Å²) in [6, 6.07) is 11.2. The summed E-state index contributed by atoms with van der Waals surface area (Å²) in [6.07, 6.45) is 6.65. The first-order valence-corrected chi connectivity index (χ1v) is 5.69. The van der Waals surface area contributed by atoms with Crippen LogP contribution in [-0.4, -0.2) is 16.2 Å². The van der Waals surface area contributed by atoms with Crippen LogP contribution in [0.3, 0.4) is 0 Å². The monoisotopic (exact) mass is 266 g/mol. The summed E-state index contributed by atoms with van der Waals surface area (Å²) >= 11 is 0. The van der Waals surface area contributed by atoms with E-state index in [4.69, 9.17) is 6.42 Å². The first-order chi connectivity index (χ1) is 9.61.